The van der Waals surface area contributed by atoms with E-state index in [1.165, 1.54) is 12.1 Å². The molecule has 0 aliphatic rings. The molecule has 1 rings (SSSR count). The average Bonchev–Trinajstić information content (AvgIpc) is 2.32. The van der Waals surface area contributed by atoms with Crippen LogP contribution in [-0.4, -0.2) is 45.3 Å². The van der Waals surface area contributed by atoms with E-state index in [0.29, 0.717) is 6.61 Å². The first-order valence-electron chi connectivity index (χ1n) is 6.41. The quantitative estimate of drug-likeness (QED) is 0.741. The summed E-state index contributed by atoms with van der Waals surface area (Å²) >= 11 is 3.38. The van der Waals surface area contributed by atoms with Crippen LogP contribution in [0.15, 0.2) is 22.7 Å². The molecule has 0 aliphatic carbocycles. The number of hydrogen-bond acceptors (Lipinski definition) is 3. The van der Waals surface area contributed by atoms with Crippen molar-refractivity contribution in [3.8, 4) is 0 Å². The standard InChI is InChI=1S/C14H22BrFN2O/c1-11(13-5-4-12(16)10-14(13)15)17-6-8-19-9-7-18(2)3/h4-5,10-11,17H,6-9H2,1-3H3. The molecule has 1 aromatic rings. The Labute approximate surface area is 123 Å². The van der Waals surface area contributed by atoms with Crippen molar-refractivity contribution in [2.24, 2.45) is 0 Å². The highest BCUT2D eigenvalue weighted by Gasteiger charge is 2.09. The van der Waals surface area contributed by atoms with Crippen LogP contribution in [0, 0.1) is 5.82 Å². The maximum absolute atomic E-state index is 13.0. The molecule has 0 radical (unpaired) electrons. The SMILES string of the molecule is CC(NCCOCCN(C)C)c1ccc(F)cc1Br. The smallest absolute Gasteiger partial charge is 0.124 e. The first-order chi connectivity index (χ1) is 9.00. The first-order valence-corrected chi connectivity index (χ1v) is 7.21. The summed E-state index contributed by atoms with van der Waals surface area (Å²) in [6, 6.07) is 4.92. The van der Waals surface area contributed by atoms with Crippen LogP contribution in [-0.2, 0) is 4.74 Å². The van der Waals surface area contributed by atoms with Crippen LogP contribution >= 0.6 is 15.9 Å². The largest absolute Gasteiger partial charge is 0.379 e. The number of nitrogens with zero attached hydrogens (tertiary/aromatic N) is 1. The molecular weight excluding hydrogens is 311 g/mol. The van der Waals surface area contributed by atoms with E-state index in [1.807, 2.05) is 14.1 Å². The lowest BCUT2D eigenvalue weighted by atomic mass is 10.1. The molecule has 0 saturated heterocycles. The second kappa shape index (κ2) is 8.64. The van der Waals surface area contributed by atoms with Crippen LogP contribution in [0.25, 0.3) is 0 Å². The Hall–Kier alpha value is -0.490. The Morgan fingerprint density at radius 1 is 1.37 bits per heavy atom. The van der Waals surface area contributed by atoms with E-state index < -0.39 is 0 Å². The van der Waals surface area contributed by atoms with Crippen molar-refractivity contribution in [1.82, 2.24) is 10.2 Å². The molecule has 1 aromatic carbocycles. The maximum atomic E-state index is 13.0. The highest BCUT2D eigenvalue weighted by Crippen LogP contribution is 2.23. The molecule has 1 N–H and O–H groups in total. The number of nitrogens with one attached hydrogen (secondary N) is 1. The summed E-state index contributed by atoms with van der Waals surface area (Å²) in [5, 5.41) is 3.36. The molecule has 1 unspecified atom stereocenters. The van der Waals surface area contributed by atoms with Gasteiger partial charge in [-0.1, -0.05) is 22.0 Å². The molecule has 108 valence electrons. The van der Waals surface area contributed by atoms with Crippen LogP contribution in [0.3, 0.4) is 0 Å². The lowest BCUT2D eigenvalue weighted by Crippen LogP contribution is -2.25. The molecule has 0 fully saturated rings. The van der Waals surface area contributed by atoms with Gasteiger partial charge in [-0.15, -0.1) is 0 Å². The normalized spacial score (nSPS) is 12.9. The van der Waals surface area contributed by atoms with E-state index in [2.05, 4.69) is 33.1 Å². The van der Waals surface area contributed by atoms with E-state index in [9.17, 15) is 4.39 Å². The number of ether oxygens (including phenoxy) is 1. The van der Waals surface area contributed by atoms with E-state index in [0.717, 1.165) is 29.7 Å². The minimum Gasteiger partial charge on any atom is -0.379 e. The van der Waals surface area contributed by atoms with Gasteiger partial charge in [-0.2, -0.15) is 0 Å². The fourth-order valence-corrected chi connectivity index (χ4v) is 2.35. The molecule has 19 heavy (non-hydrogen) atoms. The van der Waals surface area contributed by atoms with Gasteiger partial charge in [-0.05, 0) is 38.7 Å². The van der Waals surface area contributed by atoms with Gasteiger partial charge in [-0.3, -0.25) is 0 Å². The second-order valence-corrected chi connectivity index (χ2v) is 5.61. The predicted molar refractivity (Wildman–Crippen MR) is 79.9 cm³/mol. The summed E-state index contributed by atoms with van der Waals surface area (Å²) in [6.45, 7) is 5.18. The van der Waals surface area contributed by atoms with Crippen molar-refractivity contribution in [1.29, 1.82) is 0 Å². The molecule has 0 heterocycles. The summed E-state index contributed by atoms with van der Waals surface area (Å²) in [6.07, 6.45) is 0. The zero-order valence-electron chi connectivity index (χ0n) is 11.7. The molecule has 0 saturated carbocycles. The third-order valence-electron chi connectivity index (χ3n) is 2.81. The topological polar surface area (TPSA) is 24.5 Å². The van der Waals surface area contributed by atoms with Gasteiger partial charge in [0.1, 0.15) is 5.82 Å². The maximum Gasteiger partial charge on any atom is 0.124 e. The number of halogens is 2. The van der Waals surface area contributed by atoms with Crippen LogP contribution in [0.4, 0.5) is 4.39 Å². The molecule has 1 atom stereocenters. The minimum atomic E-state index is -0.227. The van der Waals surface area contributed by atoms with Crippen molar-refractivity contribution in [3.05, 3.63) is 34.1 Å². The Balaban J connectivity index is 2.25. The van der Waals surface area contributed by atoms with Crippen LogP contribution in [0.1, 0.15) is 18.5 Å². The van der Waals surface area contributed by atoms with Gasteiger partial charge in [-0.25, -0.2) is 4.39 Å². The summed E-state index contributed by atoms with van der Waals surface area (Å²) in [5.74, 6) is -0.227. The van der Waals surface area contributed by atoms with Gasteiger partial charge in [0, 0.05) is 23.6 Å². The van der Waals surface area contributed by atoms with E-state index in [-0.39, 0.29) is 11.9 Å². The molecule has 0 bridgehead atoms. The van der Waals surface area contributed by atoms with Crippen molar-refractivity contribution < 1.29 is 9.13 Å². The molecule has 3 nitrogen and oxygen atoms in total. The van der Waals surface area contributed by atoms with Crippen LogP contribution in [0.2, 0.25) is 0 Å². The van der Waals surface area contributed by atoms with Crippen LogP contribution in [0.5, 0.6) is 0 Å². The van der Waals surface area contributed by atoms with Gasteiger partial charge < -0.3 is 15.0 Å². The Morgan fingerprint density at radius 3 is 2.74 bits per heavy atom. The fraction of sp³-hybridized carbons (Fsp3) is 0.571. The molecular formula is C14H22BrFN2O. The van der Waals surface area contributed by atoms with Crippen LogP contribution < -0.4 is 5.32 Å². The summed E-state index contributed by atoms with van der Waals surface area (Å²) in [7, 11) is 4.05. The van der Waals surface area contributed by atoms with Gasteiger partial charge in [0.05, 0.1) is 13.2 Å². The summed E-state index contributed by atoms with van der Waals surface area (Å²) in [4.78, 5) is 2.09. The van der Waals surface area contributed by atoms with Crippen molar-refractivity contribution in [2.75, 3.05) is 40.4 Å². The highest BCUT2D eigenvalue weighted by molar-refractivity contribution is 9.10. The lowest BCUT2D eigenvalue weighted by Gasteiger charge is -2.16. The van der Waals surface area contributed by atoms with Crippen molar-refractivity contribution in [3.63, 3.8) is 0 Å². The monoisotopic (exact) mass is 332 g/mol. The second-order valence-electron chi connectivity index (χ2n) is 4.76. The molecule has 5 heteroatoms. The van der Waals surface area contributed by atoms with Crippen molar-refractivity contribution >= 4 is 15.9 Å². The van der Waals surface area contributed by atoms with Gasteiger partial charge >= 0.3 is 0 Å². The van der Waals surface area contributed by atoms with E-state index >= 15 is 0 Å². The fourth-order valence-electron chi connectivity index (χ4n) is 1.66. The predicted octanol–water partition coefficient (Wildman–Crippen LogP) is 2.82. The Morgan fingerprint density at radius 2 is 2.11 bits per heavy atom. The molecule has 0 aromatic heterocycles. The number of rotatable bonds is 8. The summed E-state index contributed by atoms with van der Waals surface area (Å²) in [5.41, 5.74) is 1.05. The minimum absolute atomic E-state index is 0.160. The highest BCUT2D eigenvalue weighted by atomic mass is 79.9. The molecule has 0 aliphatic heterocycles. The lowest BCUT2D eigenvalue weighted by molar-refractivity contribution is 0.118. The zero-order chi connectivity index (χ0) is 14.3. The molecule has 0 amide bonds. The van der Waals surface area contributed by atoms with E-state index in [4.69, 9.17) is 4.74 Å². The van der Waals surface area contributed by atoms with Gasteiger partial charge in [0.25, 0.3) is 0 Å². The van der Waals surface area contributed by atoms with E-state index in [1.54, 1.807) is 6.07 Å². The summed E-state index contributed by atoms with van der Waals surface area (Å²) < 4.78 is 19.3. The number of benzene rings is 1. The van der Waals surface area contributed by atoms with Crippen molar-refractivity contribution in [2.45, 2.75) is 13.0 Å². The third-order valence-corrected chi connectivity index (χ3v) is 3.50. The molecule has 0 spiro atoms. The van der Waals surface area contributed by atoms with Gasteiger partial charge in [0.2, 0.25) is 0 Å². The Bertz CT molecular complexity index is 388. The number of hydrogen-bond donors (Lipinski definition) is 1. The average molecular weight is 333 g/mol. The zero-order valence-corrected chi connectivity index (χ0v) is 13.3. The first kappa shape index (κ1) is 16.6. The Kier molecular flexibility index (Phi) is 7.53. The number of likely N-dealkylation sites (N-methyl/N-ethyl adjacent to an activating group) is 1. The third kappa shape index (κ3) is 6.47. The van der Waals surface area contributed by atoms with Gasteiger partial charge in [0.15, 0.2) is 0 Å².